The second-order valence-corrected chi connectivity index (χ2v) is 8.64. The van der Waals surface area contributed by atoms with E-state index in [2.05, 4.69) is 25.2 Å². The number of aliphatic carboxylic acids is 1. The van der Waals surface area contributed by atoms with E-state index in [1.165, 1.54) is 19.3 Å². The number of carboxylic acid groups (broad SMARTS) is 1. The van der Waals surface area contributed by atoms with Crippen LogP contribution in [-0.4, -0.2) is 39.9 Å². The van der Waals surface area contributed by atoms with Crippen LogP contribution in [0.1, 0.15) is 71.1 Å². The van der Waals surface area contributed by atoms with Gasteiger partial charge in [0.25, 0.3) is 0 Å². The quantitative estimate of drug-likeness (QED) is 0.273. The van der Waals surface area contributed by atoms with Gasteiger partial charge in [-0.2, -0.15) is 0 Å². The first kappa shape index (κ1) is 22.4. The molecule has 2 aliphatic rings. The summed E-state index contributed by atoms with van der Waals surface area (Å²) in [4.78, 5) is 10.5. The molecule has 0 bridgehead atoms. The number of allylic oxidation sites excluding steroid dienone is 2. The van der Waals surface area contributed by atoms with Gasteiger partial charge in [0, 0.05) is 17.7 Å². The number of aliphatic hydroxyl groups is 1. The molecule has 4 nitrogen and oxygen atoms in total. The summed E-state index contributed by atoms with van der Waals surface area (Å²) in [7, 11) is 0. The van der Waals surface area contributed by atoms with Gasteiger partial charge < -0.3 is 14.9 Å². The molecule has 27 heavy (non-hydrogen) atoms. The number of hydrogen-bond donors (Lipinski definition) is 2. The molecule has 2 saturated carbocycles. The molecule has 5 heteroatoms. The second kappa shape index (κ2) is 11.2. The molecular weight excluding hydrogens is 364 g/mol. The van der Waals surface area contributed by atoms with E-state index >= 15 is 0 Å². The van der Waals surface area contributed by atoms with Crippen molar-refractivity contribution in [2.45, 2.75) is 88.2 Å². The number of ether oxygens (including phenoxy) is 1. The van der Waals surface area contributed by atoms with Gasteiger partial charge in [0.15, 0.2) is 0 Å². The molecule has 2 aliphatic carbocycles. The summed E-state index contributed by atoms with van der Waals surface area (Å²) < 4.78 is 6.14. The summed E-state index contributed by atoms with van der Waals surface area (Å²) in [6.07, 6.45) is 16.8. The average Bonchev–Trinajstić information content (AvgIpc) is 2.85. The summed E-state index contributed by atoms with van der Waals surface area (Å²) in [6.45, 7) is 2.81. The first-order chi connectivity index (χ1) is 13.0. The number of carbonyl (C=O) groups is 1. The van der Waals surface area contributed by atoms with Gasteiger partial charge in [0.1, 0.15) is 0 Å². The average molecular weight is 399 g/mol. The van der Waals surface area contributed by atoms with Crippen LogP contribution < -0.4 is 0 Å². The number of aliphatic hydroxyl groups excluding tert-OH is 1. The van der Waals surface area contributed by atoms with E-state index in [9.17, 15) is 9.90 Å². The number of alkyl halides is 1. The standard InChI is InChI=1S/C22H35ClO4/c1-2-12-22(13-8-14-22)27-15-7-10-18-17(19(23)16-20(18)24)9-5-3-4-6-11-21(25)26/h3,5,7,10,17-20,24H,2,4,6,8-9,11-16H2,1H3,(H,25,26)/b5-3-,10-7+/t17-,18-,19-,20-/m1/s1. The predicted molar refractivity (Wildman–Crippen MR) is 109 cm³/mol. The predicted octanol–water partition coefficient (Wildman–Crippen LogP) is 5.09. The highest BCUT2D eigenvalue weighted by Gasteiger charge is 2.39. The Labute approximate surface area is 168 Å². The molecule has 0 aliphatic heterocycles. The molecule has 2 rings (SSSR count). The number of rotatable bonds is 12. The zero-order valence-electron chi connectivity index (χ0n) is 16.5. The van der Waals surface area contributed by atoms with Gasteiger partial charge in [-0.25, -0.2) is 0 Å². The molecule has 2 fully saturated rings. The Hall–Kier alpha value is -0.840. The Kier molecular flexibility index (Phi) is 9.34. The van der Waals surface area contributed by atoms with Crippen LogP contribution in [0.3, 0.4) is 0 Å². The molecule has 0 amide bonds. The molecule has 0 aromatic carbocycles. The zero-order valence-corrected chi connectivity index (χ0v) is 17.2. The maximum Gasteiger partial charge on any atom is 0.303 e. The van der Waals surface area contributed by atoms with Gasteiger partial charge in [-0.3, -0.25) is 4.79 Å². The first-order valence-electron chi connectivity index (χ1n) is 10.5. The van der Waals surface area contributed by atoms with Crippen molar-refractivity contribution in [2.24, 2.45) is 11.8 Å². The fourth-order valence-corrected chi connectivity index (χ4v) is 4.79. The first-order valence-corrected chi connectivity index (χ1v) is 10.9. The van der Waals surface area contributed by atoms with Crippen LogP contribution in [0.25, 0.3) is 0 Å². The summed E-state index contributed by atoms with van der Waals surface area (Å²) >= 11 is 6.47. The molecule has 0 spiro atoms. The highest BCUT2D eigenvalue weighted by atomic mass is 35.5. The van der Waals surface area contributed by atoms with Crippen molar-refractivity contribution in [3.05, 3.63) is 24.3 Å². The molecule has 0 saturated heterocycles. The van der Waals surface area contributed by atoms with Crippen molar-refractivity contribution in [3.8, 4) is 0 Å². The summed E-state index contributed by atoms with van der Waals surface area (Å²) in [6, 6.07) is 0. The van der Waals surface area contributed by atoms with E-state index in [0.29, 0.717) is 19.4 Å². The third-order valence-corrected chi connectivity index (χ3v) is 6.52. The second-order valence-electron chi connectivity index (χ2n) is 8.08. The number of halogens is 1. The zero-order chi connectivity index (χ0) is 19.7. The van der Waals surface area contributed by atoms with Crippen molar-refractivity contribution in [1.82, 2.24) is 0 Å². The summed E-state index contributed by atoms with van der Waals surface area (Å²) in [5.41, 5.74) is 0.0977. The van der Waals surface area contributed by atoms with Gasteiger partial charge in [0.2, 0.25) is 0 Å². The van der Waals surface area contributed by atoms with Crippen LogP contribution in [-0.2, 0) is 9.53 Å². The molecule has 2 N–H and O–H groups in total. The van der Waals surface area contributed by atoms with E-state index in [1.54, 1.807) is 0 Å². The van der Waals surface area contributed by atoms with Crippen molar-refractivity contribution in [1.29, 1.82) is 0 Å². The van der Waals surface area contributed by atoms with Crippen molar-refractivity contribution >= 4 is 17.6 Å². The van der Waals surface area contributed by atoms with Gasteiger partial charge >= 0.3 is 5.97 Å². The Morgan fingerprint density at radius 2 is 2.07 bits per heavy atom. The fourth-order valence-electron chi connectivity index (χ4n) is 4.34. The van der Waals surface area contributed by atoms with Crippen LogP contribution in [0, 0.1) is 11.8 Å². The van der Waals surface area contributed by atoms with E-state index in [4.69, 9.17) is 21.4 Å². The Morgan fingerprint density at radius 1 is 1.30 bits per heavy atom. The summed E-state index contributed by atoms with van der Waals surface area (Å²) in [5, 5.41) is 19.0. The van der Waals surface area contributed by atoms with Gasteiger partial charge in [-0.15, -0.1) is 11.6 Å². The lowest BCUT2D eigenvalue weighted by molar-refractivity contribution is -0.137. The van der Waals surface area contributed by atoms with Crippen LogP contribution in [0.15, 0.2) is 24.3 Å². The van der Waals surface area contributed by atoms with Crippen LogP contribution in [0.5, 0.6) is 0 Å². The molecule has 0 heterocycles. The molecule has 0 aromatic rings. The molecule has 0 radical (unpaired) electrons. The van der Waals surface area contributed by atoms with Crippen molar-refractivity contribution in [2.75, 3.05) is 6.61 Å². The lowest BCUT2D eigenvalue weighted by atomic mass is 9.77. The smallest absolute Gasteiger partial charge is 0.303 e. The van der Waals surface area contributed by atoms with E-state index < -0.39 is 12.1 Å². The molecular formula is C22H35ClO4. The van der Waals surface area contributed by atoms with E-state index in [1.807, 2.05) is 6.08 Å². The lowest BCUT2D eigenvalue weighted by Crippen LogP contribution is -2.40. The molecule has 4 atom stereocenters. The minimum atomic E-state index is -0.752. The Balaban J connectivity index is 1.78. The molecule has 0 unspecified atom stereocenters. The van der Waals surface area contributed by atoms with Gasteiger partial charge in [-0.05, 0) is 57.3 Å². The third kappa shape index (κ3) is 6.92. The number of carboxylic acids is 1. The minimum absolute atomic E-state index is 0.0303. The monoisotopic (exact) mass is 398 g/mol. The topological polar surface area (TPSA) is 66.8 Å². The normalized spacial score (nSPS) is 30.2. The van der Waals surface area contributed by atoms with E-state index in [0.717, 1.165) is 25.7 Å². The van der Waals surface area contributed by atoms with E-state index in [-0.39, 0.29) is 29.2 Å². The maximum atomic E-state index is 10.5. The largest absolute Gasteiger partial charge is 0.481 e. The van der Waals surface area contributed by atoms with Crippen molar-refractivity contribution in [3.63, 3.8) is 0 Å². The SMILES string of the molecule is CCCC1(OC/C=C/[C@@H]2[C@@H](C/C=C\CCCC(=O)O)[C@H](Cl)C[C@H]2O)CCC1. The Bertz CT molecular complexity index is 512. The van der Waals surface area contributed by atoms with Crippen LogP contribution >= 0.6 is 11.6 Å². The van der Waals surface area contributed by atoms with Crippen molar-refractivity contribution < 1.29 is 19.7 Å². The minimum Gasteiger partial charge on any atom is -0.481 e. The Morgan fingerprint density at radius 3 is 2.70 bits per heavy atom. The lowest BCUT2D eigenvalue weighted by Gasteiger charge is -2.41. The number of hydrogen-bond acceptors (Lipinski definition) is 3. The molecule has 0 aromatic heterocycles. The summed E-state index contributed by atoms with van der Waals surface area (Å²) in [5.74, 6) is -0.483. The fraction of sp³-hybridized carbons (Fsp3) is 0.773. The highest BCUT2D eigenvalue weighted by Crippen LogP contribution is 2.41. The number of unbranched alkanes of at least 4 members (excludes halogenated alkanes) is 1. The van der Waals surface area contributed by atoms with Gasteiger partial charge in [0.05, 0.1) is 18.3 Å². The highest BCUT2D eigenvalue weighted by molar-refractivity contribution is 6.21. The van der Waals surface area contributed by atoms with Crippen LogP contribution in [0.2, 0.25) is 0 Å². The van der Waals surface area contributed by atoms with Crippen LogP contribution in [0.4, 0.5) is 0 Å². The maximum absolute atomic E-state index is 10.5. The molecule has 154 valence electrons. The third-order valence-electron chi connectivity index (χ3n) is 6.02. The van der Waals surface area contributed by atoms with Gasteiger partial charge in [-0.1, -0.05) is 37.6 Å².